The second kappa shape index (κ2) is 9.52. The van der Waals surface area contributed by atoms with E-state index in [-0.39, 0.29) is 22.5 Å². The zero-order chi connectivity index (χ0) is 27.7. The topological polar surface area (TPSA) is 77.4 Å². The normalized spacial score (nSPS) is 23.2. The fourth-order valence-electron chi connectivity index (χ4n) is 7.53. The average molecular weight is 569 g/mol. The number of halogens is 2. The molecule has 9 heteroatoms. The lowest BCUT2D eigenvalue weighted by Crippen LogP contribution is -2.51. The summed E-state index contributed by atoms with van der Waals surface area (Å²) in [6, 6.07) is 9.29. The van der Waals surface area contributed by atoms with E-state index in [9.17, 15) is 5.11 Å². The van der Waals surface area contributed by atoms with E-state index in [4.69, 9.17) is 21.6 Å². The van der Waals surface area contributed by atoms with Gasteiger partial charge in [-0.15, -0.1) is 0 Å². The molecule has 0 aliphatic carbocycles. The first-order valence-corrected chi connectivity index (χ1v) is 14.9. The van der Waals surface area contributed by atoms with E-state index in [2.05, 4.69) is 31.9 Å². The predicted molar refractivity (Wildman–Crippen MR) is 159 cm³/mol. The molecule has 4 aliphatic heterocycles. The Bertz CT molecular complexity index is 1760. The number of pyridine rings is 1. The summed E-state index contributed by atoms with van der Waals surface area (Å²) in [7, 11) is 0. The lowest BCUT2D eigenvalue weighted by molar-refractivity contribution is 0.261. The molecule has 2 atom stereocenters. The van der Waals surface area contributed by atoms with Gasteiger partial charge < -0.3 is 15.3 Å². The largest absolute Gasteiger partial charge is 0.508 e. The predicted octanol–water partition coefficient (Wildman–Crippen LogP) is 5.26. The Morgan fingerprint density at radius 1 is 1.07 bits per heavy atom. The first-order valence-electron chi connectivity index (χ1n) is 14.5. The summed E-state index contributed by atoms with van der Waals surface area (Å²) in [5, 5.41) is 16.5. The molecule has 4 fully saturated rings. The van der Waals surface area contributed by atoms with Crippen LogP contribution in [0.4, 0.5) is 10.2 Å². The van der Waals surface area contributed by atoms with E-state index >= 15 is 4.39 Å². The molecule has 4 aromatic rings. The summed E-state index contributed by atoms with van der Waals surface area (Å²) < 4.78 is 16.6. The Morgan fingerprint density at radius 2 is 1.85 bits per heavy atom. The first-order chi connectivity index (χ1) is 20.0. The van der Waals surface area contributed by atoms with Crippen LogP contribution in [0.15, 0.2) is 36.5 Å². The minimum atomic E-state index is -0.569. The zero-order valence-electron chi connectivity index (χ0n) is 22.6. The Balaban J connectivity index is 1.32. The fourth-order valence-corrected chi connectivity index (χ4v) is 7.82. The number of benzene rings is 2. The van der Waals surface area contributed by atoms with E-state index in [1.807, 2.05) is 6.07 Å². The lowest BCUT2D eigenvalue weighted by atomic mass is 9.95. The number of rotatable bonds is 2. The maximum Gasteiger partial charge on any atom is 0.207 e. The van der Waals surface area contributed by atoms with Gasteiger partial charge in [0.1, 0.15) is 22.8 Å². The molecule has 0 saturated carbocycles. The second-order valence-corrected chi connectivity index (χ2v) is 12.3. The van der Waals surface area contributed by atoms with Gasteiger partial charge in [0.2, 0.25) is 5.82 Å². The summed E-state index contributed by atoms with van der Waals surface area (Å²) in [5.74, 6) is 7.28. The van der Waals surface area contributed by atoms with Crippen LogP contribution in [0.2, 0.25) is 5.02 Å². The van der Waals surface area contributed by atoms with Crippen molar-refractivity contribution in [1.29, 1.82) is 0 Å². The average Bonchev–Trinajstić information content (AvgIpc) is 3.65. The van der Waals surface area contributed by atoms with E-state index in [1.54, 1.807) is 24.4 Å². The summed E-state index contributed by atoms with van der Waals surface area (Å²) >= 11 is 6.58. The highest BCUT2D eigenvalue weighted by Crippen LogP contribution is 2.40. The van der Waals surface area contributed by atoms with Gasteiger partial charge in [0.05, 0.1) is 10.9 Å². The van der Waals surface area contributed by atoms with Gasteiger partial charge in [-0.05, 0) is 81.1 Å². The van der Waals surface area contributed by atoms with Gasteiger partial charge in [-0.25, -0.2) is 14.4 Å². The molecule has 2 unspecified atom stereocenters. The molecular formula is C32H30ClFN6O. The Labute approximate surface area is 242 Å². The van der Waals surface area contributed by atoms with E-state index < -0.39 is 5.82 Å². The van der Waals surface area contributed by atoms with Crippen LogP contribution in [-0.4, -0.2) is 68.8 Å². The number of fused-ring (bicyclic) bond motifs is 5. The molecule has 2 N–H and O–H groups in total. The highest BCUT2D eigenvalue weighted by atomic mass is 35.5. The number of anilines is 1. The highest BCUT2D eigenvalue weighted by Gasteiger charge is 2.43. The van der Waals surface area contributed by atoms with Gasteiger partial charge in [0.25, 0.3) is 0 Å². The number of nitrogens with one attached hydrogen (secondary N) is 1. The van der Waals surface area contributed by atoms with Crippen LogP contribution in [-0.2, 0) is 0 Å². The van der Waals surface area contributed by atoms with Crippen molar-refractivity contribution in [1.82, 2.24) is 25.2 Å². The molecular weight excluding hydrogens is 539 g/mol. The number of hydrogen-bond donors (Lipinski definition) is 2. The SMILES string of the molecule is Oc1cc(-c2ncc3c(N4CC5CCC(C4)N5)nc(C#CC45CCCN4CCC5)nc3c2F)c2c(Cl)cccc2c1. The summed E-state index contributed by atoms with van der Waals surface area (Å²) in [4.78, 5) is 19.0. The minimum Gasteiger partial charge on any atom is -0.508 e. The number of aromatic hydroxyl groups is 1. The molecule has 0 amide bonds. The molecule has 2 aromatic heterocycles. The van der Waals surface area contributed by atoms with Crippen LogP contribution < -0.4 is 10.2 Å². The van der Waals surface area contributed by atoms with Crippen LogP contribution in [0.1, 0.15) is 44.3 Å². The van der Waals surface area contributed by atoms with Crippen LogP contribution in [0, 0.1) is 17.7 Å². The Hall–Kier alpha value is -3.51. The smallest absolute Gasteiger partial charge is 0.207 e. The van der Waals surface area contributed by atoms with Crippen molar-refractivity contribution in [3.63, 3.8) is 0 Å². The van der Waals surface area contributed by atoms with Crippen LogP contribution in [0.25, 0.3) is 32.9 Å². The van der Waals surface area contributed by atoms with Crippen molar-refractivity contribution in [3.8, 4) is 28.8 Å². The molecule has 4 saturated heterocycles. The third-order valence-corrected chi connectivity index (χ3v) is 9.71. The number of hydrogen-bond acceptors (Lipinski definition) is 7. The number of phenols is 1. The van der Waals surface area contributed by atoms with Crippen molar-refractivity contribution in [2.75, 3.05) is 31.1 Å². The molecule has 8 rings (SSSR count). The van der Waals surface area contributed by atoms with Crippen molar-refractivity contribution in [2.24, 2.45) is 0 Å². The molecule has 4 aliphatic rings. The van der Waals surface area contributed by atoms with Gasteiger partial charge in [-0.1, -0.05) is 29.7 Å². The van der Waals surface area contributed by atoms with Crippen molar-refractivity contribution >= 4 is 39.1 Å². The molecule has 6 heterocycles. The van der Waals surface area contributed by atoms with E-state index in [0.29, 0.717) is 50.5 Å². The number of nitrogens with zero attached hydrogens (tertiary/aromatic N) is 5. The second-order valence-electron chi connectivity index (χ2n) is 11.9. The van der Waals surface area contributed by atoms with Crippen LogP contribution in [0.3, 0.4) is 0 Å². The van der Waals surface area contributed by atoms with Crippen molar-refractivity contribution in [3.05, 3.63) is 53.2 Å². The minimum absolute atomic E-state index is 0.0132. The third kappa shape index (κ3) is 4.13. The highest BCUT2D eigenvalue weighted by molar-refractivity contribution is 6.36. The van der Waals surface area contributed by atoms with Gasteiger partial charge in [-0.3, -0.25) is 9.88 Å². The van der Waals surface area contributed by atoms with Gasteiger partial charge >= 0.3 is 0 Å². The Morgan fingerprint density at radius 3 is 2.63 bits per heavy atom. The van der Waals surface area contributed by atoms with Gasteiger partial charge in [0.15, 0.2) is 5.82 Å². The number of piperazine rings is 1. The first kappa shape index (κ1) is 25.2. The molecule has 0 radical (unpaired) electrons. The van der Waals surface area contributed by atoms with Crippen molar-refractivity contribution < 1.29 is 9.50 Å². The lowest BCUT2D eigenvalue weighted by Gasteiger charge is -2.34. The molecule has 0 spiro atoms. The maximum atomic E-state index is 16.6. The Kier molecular flexibility index (Phi) is 5.85. The molecule has 208 valence electrons. The number of aromatic nitrogens is 3. The van der Waals surface area contributed by atoms with E-state index in [0.717, 1.165) is 64.7 Å². The molecule has 41 heavy (non-hydrogen) atoms. The van der Waals surface area contributed by atoms with Crippen LogP contribution in [0.5, 0.6) is 5.75 Å². The van der Waals surface area contributed by atoms with Gasteiger partial charge in [-0.2, -0.15) is 0 Å². The standard InChI is InChI=1S/C32H30ClFN6O/c33-25-5-1-4-19-14-22(41)15-23(27(19)25)29-28(34)30-24(16-35-29)31(39-17-20-6-7-21(18-39)36-20)38-26(37-30)8-11-32-9-2-12-40(32)13-3-10-32/h1,4-5,14-16,20-21,36,41H,2-3,6-7,9-10,12-13,17-18H2. The summed E-state index contributed by atoms with van der Waals surface area (Å²) in [6.45, 7) is 3.74. The zero-order valence-corrected chi connectivity index (χ0v) is 23.4. The van der Waals surface area contributed by atoms with Crippen molar-refractivity contribution in [2.45, 2.75) is 56.1 Å². The monoisotopic (exact) mass is 568 g/mol. The number of phenolic OH excluding ortho intramolecular Hbond substituents is 1. The van der Waals surface area contributed by atoms with E-state index in [1.165, 1.54) is 6.07 Å². The molecule has 2 aromatic carbocycles. The van der Waals surface area contributed by atoms with Gasteiger partial charge in [0, 0.05) is 47.3 Å². The third-order valence-electron chi connectivity index (χ3n) is 9.40. The summed E-state index contributed by atoms with van der Waals surface area (Å²) in [6.07, 6.45) is 8.29. The molecule has 2 bridgehead atoms. The summed E-state index contributed by atoms with van der Waals surface area (Å²) in [5.41, 5.74) is 0.577. The molecule has 7 nitrogen and oxygen atoms in total. The maximum absolute atomic E-state index is 16.6. The fraction of sp³-hybridized carbons (Fsp3) is 0.406. The quantitative estimate of drug-likeness (QED) is 0.319. The van der Waals surface area contributed by atoms with Crippen LogP contribution >= 0.6 is 11.6 Å².